The third kappa shape index (κ3) is 85.8. The molecule has 0 aliphatic rings. The Kier molecular flexibility index (Phi) is 67.9. The monoisotopic (exact) mass is 653 g/mol. The first-order valence-corrected chi connectivity index (χ1v) is 18.9. The summed E-state index contributed by atoms with van der Waals surface area (Å²) < 4.78 is 0. The van der Waals surface area contributed by atoms with Gasteiger partial charge in [-0.3, -0.25) is 0 Å². The third-order valence-corrected chi connectivity index (χ3v) is 7.02. The van der Waals surface area contributed by atoms with Gasteiger partial charge in [-0.2, -0.15) is 0 Å². The summed E-state index contributed by atoms with van der Waals surface area (Å²) in [6.45, 7) is 12.2. The second-order valence-corrected chi connectivity index (χ2v) is 12.8. The van der Waals surface area contributed by atoms with Gasteiger partial charge >= 0.3 is 0 Å². The van der Waals surface area contributed by atoms with Gasteiger partial charge in [0.05, 0.1) is 0 Å². The number of hydrogen-bond donors (Lipinski definition) is 4. The fraction of sp³-hybridized carbons (Fsp3) is 1.00. The summed E-state index contributed by atoms with van der Waals surface area (Å²) >= 11 is 0. The van der Waals surface area contributed by atoms with E-state index in [1.807, 2.05) is 0 Å². The summed E-state index contributed by atoms with van der Waals surface area (Å²) in [4.78, 5) is 0. The Hall–Kier alpha value is 0.554. The maximum absolute atomic E-state index is 8.64. The summed E-state index contributed by atoms with van der Waals surface area (Å²) in [5, 5.41) is 33.4. The molecule has 0 saturated carbocycles. The zero-order valence-electron chi connectivity index (χ0n) is 30.7. The molecule has 5 heteroatoms. The molecule has 4 nitrogen and oxygen atoms in total. The Labute approximate surface area is 287 Å². The average molecular weight is 653 g/mol. The molecule has 0 aliphatic heterocycles. The van der Waals surface area contributed by atoms with Gasteiger partial charge in [-0.05, 0) is 40.5 Å². The van der Waals surface area contributed by atoms with Crippen LogP contribution in [0.4, 0.5) is 0 Å². The first-order valence-electron chi connectivity index (χ1n) is 18.9. The molecule has 43 heavy (non-hydrogen) atoms. The largest absolute Gasteiger partial charge is 0.396 e. The van der Waals surface area contributed by atoms with Crippen molar-refractivity contribution >= 4 is 0 Å². The Morgan fingerprint density at radius 1 is 0.302 bits per heavy atom. The van der Waals surface area contributed by atoms with Gasteiger partial charge in [-0.15, -0.1) is 0 Å². The molecule has 0 aromatic rings. The van der Waals surface area contributed by atoms with E-state index in [0.717, 1.165) is 12.8 Å². The standard InChI is InChI=1S/2C16H34O.2C3H8O.Ti/c2*1-2-3-4-5-6-7-8-9-10-11-12-13-14-15-16-17;2*1-3(2)4;/h2*17H,2-16H2,1H3;2*3-4H,1-2H3;. The van der Waals surface area contributed by atoms with Crippen molar-refractivity contribution in [3.63, 3.8) is 0 Å². The number of unbranched alkanes of at least 4 members (excludes halogenated alkanes) is 26. The molecule has 0 aromatic heterocycles. The van der Waals surface area contributed by atoms with Crippen LogP contribution in [0.5, 0.6) is 0 Å². The van der Waals surface area contributed by atoms with Crippen molar-refractivity contribution in [1.82, 2.24) is 0 Å². The van der Waals surface area contributed by atoms with Crippen molar-refractivity contribution in [3.05, 3.63) is 0 Å². The van der Waals surface area contributed by atoms with Crippen LogP contribution in [0.15, 0.2) is 0 Å². The van der Waals surface area contributed by atoms with Crippen LogP contribution in [0.1, 0.15) is 221 Å². The second kappa shape index (κ2) is 55.0. The van der Waals surface area contributed by atoms with E-state index in [2.05, 4.69) is 13.8 Å². The van der Waals surface area contributed by atoms with Gasteiger partial charge in [0.25, 0.3) is 0 Å². The molecule has 4 N–H and O–H groups in total. The fourth-order valence-corrected chi connectivity index (χ4v) is 4.61. The van der Waals surface area contributed by atoms with Crippen molar-refractivity contribution < 1.29 is 42.1 Å². The van der Waals surface area contributed by atoms with Crippen LogP contribution in [0.2, 0.25) is 0 Å². The molecular weight excluding hydrogens is 568 g/mol. The Morgan fingerprint density at radius 3 is 0.535 bits per heavy atom. The molecule has 0 amide bonds. The first-order chi connectivity index (χ1) is 20.3. The molecule has 0 rings (SSSR count). The molecule has 0 unspecified atom stereocenters. The Balaban J connectivity index is -0.000000175. The van der Waals surface area contributed by atoms with Crippen molar-refractivity contribution in [1.29, 1.82) is 0 Å². The first kappa shape index (κ1) is 53.1. The van der Waals surface area contributed by atoms with E-state index in [4.69, 9.17) is 20.4 Å². The van der Waals surface area contributed by atoms with Gasteiger partial charge < -0.3 is 20.4 Å². The van der Waals surface area contributed by atoms with E-state index in [0.29, 0.717) is 13.2 Å². The summed E-state index contributed by atoms with van der Waals surface area (Å²) in [7, 11) is 0. The Bertz CT molecular complexity index is 325. The minimum atomic E-state index is -0.167. The SMILES string of the molecule is CC(C)O.CC(C)O.CCCCCCCCCCCCCCCCO.CCCCCCCCCCCCCCCCO.[Ti]. The van der Waals surface area contributed by atoms with Crippen LogP contribution in [-0.2, 0) is 21.7 Å². The maximum atomic E-state index is 8.64. The van der Waals surface area contributed by atoms with Crippen LogP contribution in [0, 0.1) is 0 Å². The van der Waals surface area contributed by atoms with Crippen LogP contribution in [-0.4, -0.2) is 45.8 Å². The number of hydrogen-bond acceptors (Lipinski definition) is 4. The molecule has 0 atom stereocenters. The molecular formula is C38H84O4Ti. The average Bonchev–Trinajstić information content (AvgIpc) is 2.94. The summed E-state index contributed by atoms with van der Waals surface area (Å²) in [6.07, 6.45) is 38.1. The van der Waals surface area contributed by atoms with Gasteiger partial charge in [-0.1, -0.05) is 181 Å². The van der Waals surface area contributed by atoms with E-state index in [1.54, 1.807) is 27.7 Å². The zero-order valence-corrected chi connectivity index (χ0v) is 32.2. The minimum absolute atomic E-state index is 0. The van der Waals surface area contributed by atoms with Gasteiger partial charge in [0.2, 0.25) is 0 Å². The molecule has 0 fully saturated rings. The van der Waals surface area contributed by atoms with E-state index in [-0.39, 0.29) is 33.9 Å². The minimum Gasteiger partial charge on any atom is -0.396 e. The summed E-state index contributed by atoms with van der Waals surface area (Å²) in [5.74, 6) is 0. The van der Waals surface area contributed by atoms with E-state index in [9.17, 15) is 0 Å². The van der Waals surface area contributed by atoms with E-state index < -0.39 is 0 Å². The van der Waals surface area contributed by atoms with Crippen LogP contribution in [0.25, 0.3) is 0 Å². The van der Waals surface area contributed by atoms with E-state index >= 15 is 0 Å². The van der Waals surface area contributed by atoms with Crippen molar-refractivity contribution in [2.75, 3.05) is 13.2 Å². The summed E-state index contributed by atoms with van der Waals surface area (Å²) in [5.41, 5.74) is 0. The molecule has 264 valence electrons. The topological polar surface area (TPSA) is 80.9 Å². The zero-order chi connectivity index (χ0) is 32.4. The Morgan fingerprint density at radius 2 is 0.419 bits per heavy atom. The van der Waals surface area contributed by atoms with Crippen LogP contribution in [0.3, 0.4) is 0 Å². The van der Waals surface area contributed by atoms with Crippen LogP contribution >= 0.6 is 0 Å². The molecule has 0 radical (unpaired) electrons. The van der Waals surface area contributed by atoms with Gasteiger partial charge in [0.15, 0.2) is 0 Å². The smallest absolute Gasteiger partial charge is 0.0483 e. The van der Waals surface area contributed by atoms with Crippen LogP contribution < -0.4 is 0 Å². The van der Waals surface area contributed by atoms with Gasteiger partial charge in [0.1, 0.15) is 0 Å². The maximum Gasteiger partial charge on any atom is 0.0483 e. The number of aliphatic hydroxyl groups is 4. The fourth-order valence-electron chi connectivity index (χ4n) is 4.61. The van der Waals surface area contributed by atoms with Gasteiger partial charge in [0, 0.05) is 47.1 Å². The van der Waals surface area contributed by atoms with Crippen molar-refractivity contribution in [2.45, 2.75) is 234 Å². The molecule has 0 bridgehead atoms. The second-order valence-electron chi connectivity index (χ2n) is 12.8. The molecule has 0 spiro atoms. The summed E-state index contributed by atoms with van der Waals surface area (Å²) in [6, 6.07) is 0. The predicted octanol–water partition coefficient (Wildman–Crippen LogP) is 11.7. The molecule has 0 saturated heterocycles. The molecule has 0 heterocycles. The van der Waals surface area contributed by atoms with Crippen molar-refractivity contribution in [2.24, 2.45) is 0 Å². The number of rotatable bonds is 28. The predicted molar refractivity (Wildman–Crippen MR) is 190 cm³/mol. The quantitative estimate of drug-likeness (QED) is 0.0501. The normalized spacial score (nSPS) is 10.3. The third-order valence-electron chi connectivity index (χ3n) is 7.02. The molecule has 0 aliphatic carbocycles. The van der Waals surface area contributed by atoms with E-state index in [1.165, 1.54) is 167 Å². The van der Waals surface area contributed by atoms with Crippen molar-refractivity contribution in [3.8, 4) is 0 Å². The molecule has 0 aromatic carbocycles. The van der Waals surface area contributed by atoms with Gasteiger partial charge in [-0.25, -0.2) is 0 Å². The number of aliphatic hydroxyl groups excluding tert-OH is 4.